The molecule has 2 aromatic rings. The number of rotatable bonds is 8. The third-order valence-electron chi connectivity index (χ3n) is 4.07. The van der Waals surface area contributed by atoms with E-state index in [-0.39, 0.29) is 0 Å². The van der Waals surface area contributed by atoms with Crippen LogP contribution < -0.4 is 10.6 Å². The van der Waals surface area contributed by atoms with E-state index in [4.69, 9.17) is 0 Å². The molecule has 0 aliphatic carbocycles. The van der Waals surface area contributed by atoms with Gasteiger partial charge in [-0.05, 0) is 55.9 Å². The summed E-state index contributed by atoms with van der Waals surface area (Å²) in [5, 5.41) is 6.24. The van der Waals surface area contributed by atoms with E-state index in [1.165, 1.54) is 22.3 Å². The molecule has 1 heterocycles. The number of hydrogen-bond donors (Lipinski definition) is 3. The minimum absolute atomic E-state index is 0.902. The molecule has 0 aliphatic rings. The van der Waals surface area contributed by atoms with E-state index in [1.54, 1.807) is 6.20 Å². The lowest BCUT2D eigenvalue weighted by Gasteiger charge is -2.14. The van der Waals surface area contributed by atoms with Gasteiger partial charge in [0.05, 0.1) is 0 Å². The highest BCUT2D eigenvalue weighted by Crippen LogP contribution is 2.29. The van der Waals surface area contributed by atoms with Crippen molar-refractivity contribution in [3.05, 3.63) is 102 Å². The number of aromatic amines is 1. The predicted octanol–water partition coefficient (Wildman–Crippen LogP) is 4.69. The van der Waals surface area contributed by atoms with Crippen molar-refractivity contribution >= 4 is 5.57 Å². The maximum Gasteiger partial charge on any atom is 0.0195 e. The van der Waals surface area contributed by atoms with Crippen molar-refractivity contribution in [2.75, 3.05) is 7.05 Å². The van der Waals surface area contributed by atoms with Crippen LogP contribution in [0.3, 0.4) is 0 Å². The van der Waals surface area contributed by atoms with Gasteiger partial charge >= 0.3 is 0 Å². The number of allylic oxidation sites excluding steroid dienone is 4. The molecule has 25 heavy (non-hydrogen) atoms. The van der Waals surface area contributed by atoms with E-state index in [0.717, 1.165) is 17.7 Å². The van der Waals surface area contributed by atoms with E-state index >= 15 is 0 Å². The fraction of sp³-hybridized carbons (Fsp3) is 0.182. The molecule has 1 aromatic heterocycles. The Kier molecular flexibility index (Phi) is 6.90. The normalized spacial score (nSPS) is 12.8. The summed E-state index contributed by atoms with van der Waals surface area (Å²) in [6.45, 7) is 8.03. The number of aryl methyl sites for hydroxylation is 1. The summed E-state index contributed by atoms with van der Waals surface area (Å²) in [6, 6.07) is 12.6. The van der Waals surface area contributed by atoms with E-state index in [9.17, 15) is 0 Å². The summed E-state index contributed by atoms with van der Waals surface area (Å²) in [7, 11) is 1.91. The first-order valence-electron chi connectivity index (χ1n) is 8.46. The fourth-order valence-corrected chi connectivity index (χ4v) is 2.81. The van der Waals surface area contributed by atoms with Gasteiger partial charge in [-0.15, -0.1) is 0 Å². The Balaban J connectivity index is 2.51. The van der Waals surface area contributed by atoms with Gasteiger partial charge in [0.25, 0.3) is 0 Å². The highest BCUT2D eigenvalue weighted by Gasteiger charge is 2.12. The van der Waals surface area contributed by atoms with Crippen molar-refractivity contribution in [3.8, 4) is 0 Å². The molecule has 1 aromatic carbocycles. The van der Waals surface area contributed by atoms with Crippen LogP contribution in [0, 0.1) is 6.92 Å². The van der Waals surface area contributed by atoms with Crippen molar-refractivity contribution in [2.24, 2.45) is 0 Å². The second-order valence-corrected chi connectivity index (χ2v) is 5.92. The minimum atomic E-state index is 0.902. The molecular weight excluding hydrogens is 306 g/mol. The Morgan fingerprint density at radius 2 is 1.96 bits per heavy atom. The van der Waals surface area contributed by atoms with Gasteiger partial charge in [-0.2, -0.15) is 0 Å². The summed E-state index contributed by atoms with van der Waals surface area (Å²) in [4.78, 5) is 3.27. The van der Waals surface area contributed by atoms with Crippen LogP contribution in [-0.4, -0.2) is 12.0 Å². The summed E-state index contributed by atoms with van der Waals surface area (Å²) in [5.74, 6) is 0. The van der Waals surface area contributed by atoms with Gasteiger partial charge in [-0.3, -0.25) is 0 Å². The van der Waals surface area contributed by atoms with E-state index in [2.05, 4.69) is 72.5 Å². The van der Waals surface area contributed by atoms with Crippen molar-refractivity contribution in [1.82, 2.24) is 15.6 Å². The van der Waals surface area contributed by atoms with Crippen molar-refractivity contribution in [2.45, 2.75) is 20.3 Å². The summed E-state index contributed by atoms with van der Waals surface area (Å²) in [5.41, 5.74) is 7.25. The molecule has 0 spiro atoms. The Morgan fingerprint density at radius 1 is 1.20 bits per heavy atom. The molecule has 0 atom stereocenters. The Bertz CT molecular complexity index is 777. The standard InChI is InChI=1S/C22H27N3/c1-5-24-16-22(21-12-14-25-18(21)3)20(11-13-23-4)17(2)15-19-9-7-6-8-10-19/h5-14,16,23-25H,1,15H2,2-4H3/b13-11-,20-17-,22-16-. The third kappa shape index (κ3) is 5.01. The topological polar surface area (TPSA) is 39.8 Å². The molecule has 0 saturated carbocycles. The van der Waals surface area contributed by atoms with Crippen LogP contribution >= 0.6 is 0 Å². The highest BCUT2D eigenvalue weighted by atomic mass is 14.8. The minimum Gasteiger partial charge on any atom is -0.394 e. The maximum absolute atomic E-state index is 3.76. The second kappa shape index (κ2) is 9.38. The average Bonchev–Trinajstić information content (AvgIpc) is 3.04. The third-order valence-corrected chi connectivity index (χ3v) is 4.07. The van der Waals surface area contributed by atoms with E-state index < -0.39 is 0 Å². The molecule has 3 N–H and O–H groups in total. The van der Waals surface area contributed by atoms with Crippen LogP contribution in [0.5, 0.6) is 0 Å². The zero-order chi connectivity index (χ0) is 18.1. The van der Waals surface area contributed by atoms with Crippen LogP contribution in [0.2, 0.25) is 0 Å². The fourth-order valence-electron chi connectivity index (χ4n) is 2.81. The van der Waals surface area contributed by atoms with Crippen molar-refractivity contribution < 1.29 is 0 Å². The van der Waals surface area contributed by atoms with Gasteiger partial charge in [0.1, 0.15) is 0 Å². The molecule has 3 heteroatoms. The van der Waals surface area contributed by atoms with E-state index in [0.29, 0.717) is 0 Å². The summed E-state index contributed by atoms with van der Waals surface area (Å²) in [6.07, 6.45) is 10.7. The molecule has 0 unspecified atom stereocenters. The molecular formula is C22H27N3. The van der Waals surface area contributed by atoms with Crippen molar-refractivity contribution in [1.29, 1.82) is 0 Å². The smallest absolute Gasteiger partial charge is 0.0195 e. The van der Waals surface area contributed by atoms with Gasteiger partial charge in [0.2, 0.25) is 0 Å². The summed E-state index contributed by atoms with van der Waals surface area (Å²) >= 11 is 0. The molecule has 130 valence electrons. The lowest BCUT2D eigenvalue weighted by atomic mass is 9.92. The maximum atomic E-state index is 3.76. The Morgan fingerprint density at radius 3 is 2.56 bits per heavy atom. The van der Waals surface area contributed by atoms with Crippen LogP contribution in [0.1, 0.15) is 23.7 Å². The lowest BCUT2D eigenvalue weighted by molar-refractivity contribution is 1.09. The molecule has 2 rings (SSSR count). The molecule has 0 saturated heterocycles. The number of benzene rings is 1. The molecule has 0 bridgehead atoms. The van der Waals surface area contributed by atoms with Gasteiger partial charge in [-0.1, -0.05) is 42.5 Å². The van der Waals surface area contributed by atoms with Gasteiger partial charge in [0, 0.05) is 36.3 Å². The van der Waals surface area contributed by atoms with Crippen LogP contribution in [0.15, 0.2) is 85.0 Å². The Labute approximate surface area is 150 Å². The first-order chi connectivity index (χ1) is 12.2. The van der Waals surface area contributed by atoms with Crippen LogP contribution in [0.4, 0.5) is 0 Å². The zero-order valence-corrected chi connectivity index (χ0v) is 15.3. The molecule has 3 nitrogen and oxygen atoms in total. The van der Waals surface area contributed by atoms with Crippen LogP contribution in [0.25, 0.3) is 5.57 Å². The molecule has 0 amide bonds. The predicted molar refractivity (Wildman–Crippen MR) is 108 cm³/mol. The number of nitrogens with one attached hydrogen (secondary N) is 3. The monoisotopic (exact) mass is 333 g/mol. The van der Waals surface area contributed by atoms with Gasteiger partial charge in [0.15, 0.2) is 0 Å². The average molecular weight is 333 g/mol. The quantitative estimate of drug-likeness (QED) is 0.613. The highest BCUT2D eigenvalue weighted by molar-refractivity contribution is 5.83. The number of H-pyrrole nitrogens is 1. The first-order valence-corrected chi connectivity index (χ1v) is 8.46. The lowest BCUT2D eigenvalue weighted by Crippen LogP contribution is -2.02. The molecule has 0 radical (unpaired) electrons. The van der Waals surface area contributed by atoms with Gasteiger partial charge in [-0.25, -0.2) is 0 Å². The largest absolute Gasteiger partial charge is 0.394 e. The Hall–Kier alpha value is -2.94. The SMILES string of the molecule is C=CN/C=C(C(/C=C\NC)=C(/C)Cc1ccccc1)\c1cc[nH]c1C. The first kappa shape index (κ1) is 18.4. The number of hydrogen-bond acceptors (Lipinski definition) is 2. The van der Waals surface area contributed by atoms with Gasteiger partial charge < -0.3 is 15.6 Å². The summed E-state index contributed by atoms with van der Waals surface area (Å²) < 4.78 is 0. The van der Waals surface area contributed by atoms with Crippen LogP contribution in [-0.2, 0) is 6.42 Å². The van der Waals surface area contributed by atoms with E-state index in [1.807, 2.05) is 31.7 Å². The van der Waals surface area contributed by atoms with Crippen molar-refractivity contribution in [3.63, 3.8) is 0 Å². The molecule has 0 fully saturated rings. The zero-order valence-electron chi connectivity index (χ0n) is 15.3. The second-order valence-electron chi connectivity index (χ2n) is 5.92. The molecule has 0 aliphatic heterocycles. The number of aromatic nitrogens is 1.